The van der Waals surface area contributed by atoms with Crippen LogP contribution < -0.4 is 0 Å². The molecule has 3 aromatic rings. The van der Waals surface area contributed by atoms with Gasteiger partial charge >= 0.3 is 5.97 Å². The number of phenols is 1. The zero-order chi connectivity index (χ0) is 22.9. The summed E-state index contributed by atoms with van der Waals surface area (Å²) in [6, 6.07) is 6.00. The highest BCUT2D eigenvalue weighted by atomic mass is 35.5. The van der Waals surface area contributed by atoms with Gasteiger partial charge in [-0.05, 0) is 49.2 Å². The second-order valence-electron chi connectivity index (χ2n) is 7.45. The number of phenolic OH excluding ortho intramolecular Hbond substituents is 1. The fourth-order valence-corrected chi connectivity index (χ4v) is 4.03. The number of carbonyl (C=O) groups excluding carboxylic acids is 1. The van der Waals surface area contributed by atoms with Crippen LogP contribution in [-0.2, 0) is 4.79 Å². The van der Waals surface area contributed by atoms with E-state index in [4.69, 9.17) is 11.6 Å². The molecule has 1 atom stereocenters. The van der Waals surface area contributed by atoms with E-state index in [2.05, 4.69) is 0 Å². The van der Waals surface area contributed by atoms with E-state index >= 15 is 4.39 Å². The summed E-state index contributed by atoms with van der Waals surface area (Å²) in [4.78, 5) is 25.3. The molecule has 164 valence electrons. The van der Waals surface area contributed by atoms with Crippen molar-refractivity contribution in [1.82, 2.24) is 4.57 Å². The van der Waals surface area contributed by atoms with Crippen LogP contribution in [0.25, 0.3) is 10.9 Å². The number of hydrogen-bond acceptors (Lipinski definition) is 3. The molecule has 0 aliphatic rings. The zero-order valence-electron chi connectivity index (χ0n) is 17.1. The topological polar surface area (TPSA) is 79.5 Å². The van der Waals surface area contributed by atoms with Gasteiger partial charge in [-0.25, -0.2) is 8.78 Å². The van der Waals surface area contributed by atoms with E-state index in [0.29, 0.717) is 6.42 Å². The quantitative estimate of drug-likeness (QED) is 0.432. The zero-order valence-corrected chi connectivity index (χ0v) is 17.8. The van der Waals surface area contributed by atoms with Crippen molar-refractivity contribution in [3.05, 3.63) is 63.8 Å². The largest absolute Gasteiger partial charge is 0.505 e. The van der Waals surface area contributed by atoms with Gasteiger partial charge < -0.3 is 10.2 Å². The molecule has 0 saturated heterocycles. The van der Waals surface area contributed by atoms with E-state index in [9.17, 15) is 24.2 Å². The van der Waals surface area contributed by atoms with Gasteiger partial charge in [0, 0.05) is 16.6 Å². The van der Waals surface area contributed by atoms with Gasteiger partial charge in [0.2, 0.25) is 0 Å². The Balaban J connectivity index is 2.27. The predicted octanol–water partition coefficient (Wildman–Crippen LogP) is 6.02. The SMILES string of the molecule is CCCCC[C@H](C(=O)O)c1c(C)n(C(=O)c2ccc(Cl)c(F)c2)c2ccc(O)c(F)c12. The van der Waals surface area contributed by atoms with Gasteiger partial charge in [-0.2, -0.15) is 0 Å². The first-order valence-corrected chi connectivity index (χ1v) is 10.3. The third-order valence-electron chi connectivity index (χ3n) is 5.45. The molecule has 1 heterocycles. The fourth-order valence-electron chi connectivity index (χ4n) is 3.92. The first-order chi connectivity index (χ1) is 14.7. The Hall–Kier alpha value is -2.93. The van der Waals surface area contributed by atoms with Gasteiger partial charge in [0.1, 0.15) is 5.82 Å². The second kappa shape index (κ2) is 9.06. The Kier molecular flexibility index (Phi) is 6.65. The Bertz CT molecular complexity index is 1170. The van der Waals surface area contributed by atoms with Gasteiger partial charge in [0.25, 0.3) is 5.91 Å². The van der Waals surface area contributed by atoms with Crippen LogP contribution in [0.1, 0.15) is 60.1 Å². The molecule has 0 saturated carbocycles. The molecule has 0 spiro atoms. The highest BCUT2D eigenvalue weighted by Gasteiger charge is 2.31. The van der Waals surface area contributed by atoms with E-state index in [1.54, 1.807) is 0 Å². The molecular weight excluding hydrogens is 428 g/mol. The van der Waals surface area contributed by atoms with Crippen molar-refractivity contribution < 1.29 is 28.6 Å². The van der Waals surface area contributed by atoms with Gasteiger partial charge in [0.05, 0.1) is 16.5 Å². The molecule has 3 rings (SSSR count). The number of aliphatic carboxylic acids is 1. The summed E-state index contributed by atoms with van der Waals surface area (Å²) in [5.74, 6) is -5.30. The lowest BCUT2D eigenvalue weighted by atomic mass is 9.90. The smallest absolute Gasteiger partial charge is 0.311 e. The maximum Gasteiger partial charge on any atom is 0.311 e. The number of fused-ring (bicyclic) bond motifs is 1. The highest BCUT2D eigenvalue weighted by molar-refractivity contribution is 6.30. The summed E-state index contributed by atoms with van der Waals surface area (Å²) < 4.78 is 30.1. The maximum absolute atomic E-state index is 15.0. The van der Waals surface area contributed by atoms with E-state index < -0.39 is 35.2 Å². The summed E-state index contributed by atoms with van der Waals surface area (Å²) in [6.45, 7) is 3.50. The van der Waals surface area contributed by atoms with Crippen molar-refractivity contribution >= 4 is 34.4 Å². The predicted molar refractivity (Wildman–Crippen MR) is 114 cm³/mol. The number of carboxylic acids is 1. The number of carbonyl (C=O) groups is 2. The van der Waals surface area contributed by atoms with E-state index in [0.717, 1.165) is 29.5 Å². The van der Waals surface area contributed by atoms with Crippen LogP contribution in [0.15, 0.2) is 30.3 Å². The lowest BCUT2D eigenvalue weighted by Crippen LogP contribution is -2.16. The van der Waals surface area contributed by atoms with Crippen molar-refractivity contribution in [2.45, 2.75) is 45.4 Å². The molecule has 2 aromatic carbocycles. The van der Waals surface area contributed by atoms with Crippen molar-refractivity contribution in [3.63, 3.8) is 0 Å². The lowest BCUT2D eigenvalue weighted by Gasteiger charge is -2.14. The molecule has 5 nitrogen and oxygen atoms in total. The number of unbranched alkanes of at least 4 members (excludes halogenated alkanes) is 2. The summed E-state index contributed by atoms with van der Waals surface area (Å²) in [5, 5.41) is 19.5. The minimum absolute atomic E-state index is 0.0280. The number of aromatic hydroxyl groups is 1. The second-order valence-corrected chi connectivity index (χ2v) is 7.86. The molecule has 1 aromatic heterocycles. The average molecular weight is 450 g/mol. The van der Waals surface area contributed by atoms with E-state index in [-0.39, 0.29) is 39.2 Å². The third kappa shape index (κ3) is 4.14. The van der Waals surface area contributed by atoms with Gasteiger partial charge in [-0.3, -0.25) is 14.2 Å². The maximum atomic E-state index is 15.0. The molecule has 0 bridgehead atoms. The molecule has 0 radical (unpaired) electrons. The van der Waals surface area contributed by atoms with Crippen molar-refractivity contribution in [3.8, 4) is 5.75 Å². The lowest BCUT2D eigenvalue weighted by molar-refractivity contribution is -0.139. The number of carboxylic acid groups (broad SMARTS) is 1. The van der Waals surface area contributed by atoms with Crippen LogP contribution in [-0.4, -0.2) is 26.7 Å². The standard InChI is InChI=1S/C23H22ClF2NO4/c1-3-4-5-6-14(23(30)31)19-12(2)27(17-9-10-18(28)21(26)20(17)19)22(29)13-7-8-15(24)16(25)11-13/h7-11,14,28H,3-6H2,1-2H3,(H,30,31)/t14-/m0/s1. The van der Waals surface area contributed by atoms with Gasteiger partial charge in [-0.1, -0.05) is 37.8 Å². The third-order valence-corrected chi connectivity index (χ3v) is 5.75. The highest BCUT2D eigenvalue weighted by Crippen LogP contribution is 2.39. The van der Waals surface area contributed by atoms with Crippen molar-refractivity contribution in [2.75, 3.05) is 0 Å². The van der Waals surface area contributed by atoms with Crippen molar-refractivity contribution in [2.24, 2.45) is 0 Å². The molecule has 0 aliphatic carbocycles. The average Bonchev–Trinajstić information content (AvgIpc) is 3.02. The Labute approximate surface area is 182 Å². The molecular formula is C23H22ClF2NO4. The first kappa shape index (κ1) is 22.7. The minimum Gasteiger partial charge on any atom is -0.505 e. The Morgan fingerprint density at radius 3 is 2.48 bits per heavy atom. The van der Waals surface area contributed by atoms with Crippen LogP contribution in [0.2, 0.25) is 5.02 Å². The number of hydrogen-bond donors (Lipinski definition) is 2. The monoisotopic (exact) mass is 449 g/mol. The summed E-state index contributed by atoms with van der Waals surface area (Å²) in [5.41, 5.74) is 0.434. The molecule has 31 heavy (non-hydrogen) atoms. The summed E-state index contributed by atoms with van der Waals surface area (Å²) >= 11 is 5.70. The minimum atomic E-state index is -1.15. The van der Waals surface area contributed by atoms with Gasteiger partial charge in [-0.15, -0.1) is 0 Å². The van der Waals surface area contributed by atoms with Crippen LogP contribution in [0.4, 0.5) is 8.78 Å². The summed E-state index contributed by atoms with van der Waals surface area (Å²) in [7, 11) is 0. The number of benzene rings is 2. The van der Waals surface area contributed by atoms with Crippen LogP contribution in [0.3, 0.4) is 0 Å². The number of halogens is 3. The molecule has 0 aliphatic heterocycles. The fraction of sp³-hybridized carbons (Fsp3) is 0.304. The van der Waals surface area contributed by atoms with Crippen LogP contribution in [0.5, 0.6) is 5.75 Å². The molecule has 0 fully saturated rings. The molecule has 8 heteroatoms. The van der Waals surface area contributed by atoms with Crippen LogP contribution >= 0.6 is 11.6 Å². The first-order valence-electron chi connectivity index (χ1n) is 9.93. The Morgan fingerprint density at radius 2 is 1.87 bits per heavy atom. The van der Waals surface area contributed by atoms with E-state index in [1.165, 1.54) is 25.1 Å². The molecule has 2 N–H and O–H groups in total. The summed E-state index contributed by atoms with van der Waals surface area (Å²) in [6.07, 6.45) is 2.54. The van der Waals surface area contributed by atoms with Crippen molar-refractivity contribution in [1.29, 1.82) is 0 Å². The van der Waals surface area contributed by atoms with Gasteiger partial charge in [0.15, 0.2) is 11.6 Å². The number of nitrogens with zero attached hydrogens (tertiary/aromatic N) is 1. The Morgan fingerprint density at radius 1 is 1.16 bits per heavy atom. The molecule has 0 unspecified atom stereocenters. The molecule has 0 amide bonds. The normalized spacial score (nSPS) is 12.3. The number of aromatic nitrogens is 1. The number of rotatable bonds is 7. The van der Waals surface area contributed by atoms with Crippen LogP contribution in [0, 0.1) is 18.6 Å². The van der Waals surface area contributed by atoms with E-state index in [1.807, 2.05) is 6.92 Å².